The fraction of sp³-hybridized carbons (Fsp3) is 0.375. The van der Waals surface area contributed by atoms with Gasteiger partial charge in [-0.25, -0.2) is 12.7 Å². The van der Waals surface area contributed by atoms with E-state index in [1.165, 1.54) is 23.1 Å². The maximum atomic E-state index is 13.5. The van der Waals surface area contributed by atoms with Crippen molar-refractivity contribution in [3.8, 4) is 0 Å². The summed E-state index contributed by atoms with van der Waals surface area (Å²) in [6, 6.07) is 11.7. The number of rotatable bonds is 9. The second-order valence-corrected chi connectivity index (χ2v) is 10.5. The number of nitrogens with one attached hydrogen (secondary N) is 1. The molecule has 2 aromatic rings. The van der Waals surface area contributed by atoms with Crippen molar-refractivity contribution in [2.45, 2.75) is 57.1 Å². The highest BCUT2D eigenvalue weighted by atomic mass is 35.5. The SMILES string of the molecule is CC[C@@H](C)NC(=O)[C@H](CC)N(Cc1ccc(Cl)cc1)C(=O)CN1C(=O)c2ccccc2S1(=O)=O. The van der Waals surface area contributed by atoms with Crippen LogP contribution in [0.5, 0.6) is 0 Å². The lowest BCUT2D eigenvalue weighted by Crippen LogP contribution is -2.53. The summed E-state index contributed by atoms with van der Waals surface area (Å²) in [5.74, 6) is -1.74. The van der Waals surface area contributed by atoms with Gasteiger partial charge in [0.05, 0.1) is 5.56 Å². The van der Waals surface area contributed by atoms with Gasteiger partial charge in [-0.1, -0.05) is 49.7 Å². The highest BCUT2D eigenvalue weighted by Gasteiger charge is 2.43. The van der Waals surface area contributed by atoms with Crippen LogP contribution in [0.25, 0.3) is 0 Å². The van der Waals surface area contributed by atoms with Crippen LogP contribution in [0.15, 0.2) is 53.4 Å². The first kappa shape index (κ1) is 25.7. The molecule has 8 nitrogen and oxygen atoms in total. The van der Waals surface area contributed by atoms with Gasteiger partial charge < -0.3 is 10.2 Å². The van der Waals surface area contributed by atoms with Gasteiger partial charge in [0.25, 0.3) is 15.9 Å². The molecular formula is C24H28ClN3O5S. The van der Waals surface area contributed by atoms with E-state index in [-0.39, 0.29) is 29.0 Å². The lowest BCUT2D eigenvalue weighted by molar-refractivity contribution is -0.141. The minimum Gasteiger partial charge on any atom is -0.352 e. The number of hydrogen-bond acceptors (Lipinski definition) is 5. The average molecular weight is 506 g/mol. The summed E-state index contributed by atoms with van der Waals surface area (Å²) in [7, 11) is -4.16. The van der Waals surface area contributed by atoms with Gasteiger partial charge in [-0.05, 0) is 49.6 Å². The zero-order valence-electron chi connectivity index (χ0n) is 19.3. The highest BCUT2D eigenvalue weighted by Crippen LogP contribution is 2.30. The number of hydrogen-bond donors (Lipinski definition) is 1. The Morgan fingerprint density at radius 1 is 1.06 bits per heavy atom. The van der Waals surface area contributed by atoms with Gasteiger partial charge in [0.2, 0.25) is 11.8 Å². The van der Waals surface area contributed by atoms with Gasteiger partial charge in [-0.3, -0.25) is 14.4 Å². The molecule has 0 saturated heterocycles. The normalized spacial score (nSPS) is 16.0. The molecule has 0 radical (unpaired) electrons. The summed E-state index contributed by atoms with van der Waals surface area (Å²) in [6.45, 7) is 4.93. The predicted molar refractivity (Wildman–Crippen MR) is 129 cm³/mol. The Kier molecular flexibility index (Phi) is 7.99. The summed E-state index contributed by atoms with van der Waals surface area (Å²) in [4.78, 5) is 40.5. The van der Waals surface area contributed by atoms with E-state index in [4.69, 9.17) is 11.6 Å². The van der Waals surface area contributed by atoms with E-state index < -0.39 is 34.4 Å². The van der Waals surface area contributed by atoms with Crippen LogP contribution in [0.1, 0.15) is 49.5 Å². The molecule has 1 heterocycles. The molecule has 1 N–H and O–H groups in total. The lowest BCUT2D eigenvalue weighted by Gasteiger charge is -2.32. The van der Waals surface area contributed by atoms with E-state index in [0.29, 0.717) is 27.7 Å². The maximum absolute atomic E-state index is 13.5. The van der Waals surface area contributed by atoms with E-state index in [1.807, 2.05) is 13.8 Å². The minimum atomic E-state index is -4.16. The van der Waals surface area contributed by atoms with E-state index in [0.717, 1.165) is 0 Å². The highest BCUT2D eigenvalue weighted by molar-refractivity contribution is 7.90. The summed E-state index contributed by atoms with van der Waals surface area (Å²) >= 11 is 5.97. The average Bonchev–Trinajstić information content (AvgIpc) is 3.00. The van der Waals surface area contributed by atoms with Crippen molar-refractivity contribution in [1.82, 2.24) is 14.5 Å². The van der Waals surface area contributed by atoms with Crippen LogP contribution in [0, 0.1) is 0 Å². The number of nitrogens with zero attached hydrogens (tertiary/aromatic N) is 2. The quantitative estimate of drug-likeness (QED) is 0.563. The Balaban J connectivity index is 1.92. The number of amides is 3. The molecule has 2 aromatic carbocycles. The zero-order chi connectivity index (χ0) is 25.0. The molecule has 1 aliphatic heterocycles. The molecule has 3 rings (SSSR count). The Morgan fingerprint density at radius 3 is 2.29 bits per heavy atom. The van der Waals surface area contributed by atoms with Crippen molar-refractivity contribution in [2.75, 3.05) is 6.54 Å². The molecule has 10 heteroatoms. The number of fused-ring (bicyclic) bond motifs is 1. The maximum Gasteiger partial charge on any atom is 0.269 e. The molecule has 0 unspecified atom stereocenters. The molecule has 0 bridgehead atoms. The Labute approximate surface area is 204 Å². The molecule has 34 heavy (non-hydrogen) atoms. The van der Waals surface area contributed by atoms with Crippen molar-refractivity contribution in [1.29, 1.82) is 0 Å². The topological polar surface area (TPSA) is 104 Å². The number of carbonyl (C=O) groups is 3. The van der Waals surface area contributed by atoms with Gasteiger partial charge >= 0.3 is 0 Å². The third-order valence-electron chi connectivity index (χ3n) is 5.84. The molecular weight excluding hydrogens is 478 g/mol. The van der Waals surface area contributed by atoms with Crippen LogP contribution in [-0.4, -0.2) is 54.0 Å². The Bertz CT molecular complexity index is 1180. The minimum absolute atomic E-state index is 0.0288. The second kappa shape index (κ2) is 10.6. The first-order chi connectivity index (χ1) is 16.1. The zero-order valence-corrected chi connectivity index (χ0v) is 20.9. The van der Waals surface area contributed by atoms with Gasteiger partial charge in [-0.15, -0.1) is 0 Å². The van der Waals surface area contributed by atoms with E-state index in [9.17, 15) is 22.8 Å². The molecule has 0 saturated carbocycles. The standard InChI is InChI=1S/C24H28ClN3O5S/c1-4-16(3)26-23(30)20(5-2)27(14-17-10-12-18(25)13-11-17)22(29)15-28-24(31)19-8-6-7-9-21(19)34(28,32)33/h6-13,16,20H,4-5,14-15H2,1-3H3,(H,26,30)/t16-,20+/m1/s1. The summed E-state index contributed by atoms with van der Waals surface area (Å²) in [6.07, 6.45) is 1.02. The van der Waals surface area contributed by atoms with Crippen LogP contribution < -0.4 is 5.32 Å². The number of carbonyl (C=O) groups excluding carboxylic acids is 3. The summed E-state index contributed by atoms with van der Waals surface area (Å²) in [5, 5.41) is 3.41. The van der Waals surface area contributed by atoms with Crippen molar-refractivity contribution >= 4 is 39.3 Å². The molecule has 0 aliphatic carbocycles. The number of benzene rings is 2. The predicted octanol–water partition coefficient (Wildman–Crippen LogP) is 3.21. The Hall–Kier alpha value is -2.91. The molecule has 0 fully saturated rings. The fourth-order valence-electron chi connectivity index (χ4n) is 3.75. The first-order valence-corrected chi connectivity index (χ1v) is 12.9. The summed E-state index contributed by atoms with van der Waals surface area (Å²) < 4.78 is 26.5. The third-order valence-corrected chi connectivity index (χ3v) is 7.88. The van der Waals surface area contributed by atoms with Crippen LogP contribution >= 0.6 is 11.6 Å². The van der Waals surface area contributed by atoms with Crippen molar-refractivity contribution in [3.63, 3.8) is 0 Å². The molecule has 0 aromatic heterocycles. The third kappa shape index (κ3) is 5.26. The fourth-order valence-corrected chi connectivity index (χ4v) is 5.39. The second-order valence-electron chi connectivity index (χ2n) is 8.20. The molecule has 0 spiro atoms. The van der Waals surface area contributed by atoms with Gasteiger partial charge in [0, 0.05) is 17.6 Å². The largest absolute Gasteiger partial charge is 0.352 e. The van der Waals surface area contributed by atoms with Crippen LogP contribution in [0.4, 0.5) is 0 Å². The number of sulfonamides is 1. The lowest BCUT2D eigenvalue weighted by atomic mass is 10.1. The molecule has 1 aliphatic rings. The van der Waals surface area contributed by atoms with Gasteiger partial charge in [0.1, 0.15) is 17.5 Å². The van der Waals surface area contributed by atoms with Gasteiger partial charge in [0.15, 0.2) is 0 Å². The first-order valence-electron chi connectivity index (χ1n) is 11.1. The smallest absolute Gasteiger partial charge is 0.269 e. The number of halogens is 1. The molecule has 3 amide bonds. The molecule has 2 atom stereocenters. The molecule has 182 valence electrons. The van der Waals surface area contributed by atoms with E-state index in [2.05, 4.69) is 5.32 Å². The van der Waals surface area contributed by atoms with Gasteiger partial charge in [-0.2, -0.15) is 0 Å². The summed E-state index contributed by atoms with van der Waals surface area (Å²) in [5.41, 5.74) is 0.743. The van der Waals surface area contributed by atoms with E-state index >= 15 is 0 Å². The van der Waals surface area contributed by atoms with Crippen molar-refractivity contribution in [3.05, 3.63) is 64.7 Å². The van der Waals surface area contributed by atoms with Crippen LogP contribution in [-0.2, 0) is 26.2 Å². The Morgan fingerprint density at radius 2 is 1.71 bits per heavy atom. The van der Waals surface area contributed by atoms with E-state index in [1.54, 1.807) is 37.3 Å². The van der Waals surface area contributed by atoms with Crippen molar-refractivity contribution in [2.24, 2.45) is 0 Å². The van der Waals surface area contributed by atoms with Crippen LogP contribution in [0.2, 0.25) is 5.02 Å². The van der Waals surface area contributed by atoms with Crippen molar-refractivity contribution < 1.29 is 22.8 Å². The monoisotopic (exact) mass is 505 g/mol. The van der Waals surface area contributed by atoms with Crippen LogP contribution in [0.3, 0.4) is 0 Å².